The van der Waals surface area contributed by atoms with Crippen molar-refractivity contribution in [2.75, 3.05) is 23.7 Å². The highest BCUT2D eigenvalue weighted by Crippen LogP contribution is 2.31. The molecule has 2 heterocycles. The molecule has 1 aliphatic rings. The molecule has 0 aliphatic carbocycles. The molecule has 9 nitrogen and oxygen atoms in total. The minimum Gasteiger partial charge on any atom is -0.368 e. The van der Waals surface area contributed by atoms with Gasteiger partial charge in [-0.2, -0.15) is 4.98 Å². The molecular formula is C12H18N6O3. The van der Waals surface area contributed by atoms with E-state index >= 15 is 0 Å². The van der Waals surface area contributed by atoms with Crippen LogP contribution in [0.3, 0.4) is 0 Å². The molecule has 1 aromatic rings. The minimum absolute atomic E-state index is 0.0251. The second kappa shape index (κ2) is 5.90. The van der Waals surface area contributed by atoms with Gasteiger partial charge in [-0.3, -0.25) is 14.9 Å². The van der Waals surface area contributed by atoms with E-state index in [0.29, 0.717) is 25.9 Å². The first-order valence-corrected chi connectivity index (χ1v) is 6.69. The molecule has 1 aromatic heterocycles. The maximum absolute atomic E-state index is 11.2. The summed E-state index contributed by atoms with van der Waals surface area (Å²) in [5.41, 5.74) is 5.75. The van der Waals surface area contributed by atoms with Gasteiger partial charge in [0, 0.05) is 26.1 Å². The van der Waals surface area contributed by atoms with Crippen molar-refractivity contribution in [3.63, 3.8) is 0 Å². The Labute approximate surface area is 121 Å². The molecule has 0 saturated carbocycles. The van der Waals surface area contributed by atoms with E-state index < -0.39 is 4.92 Å². The molecule has 9 heteroatoms. The van der Waals surface area contributed by atoms with Crippen LogP contribution in [-0.2, 0) is 4.79 Å². The second-order valence-corrected chi connectivity index (χ2v) is 5.06. The molecule has 0 bridgehead atoms. The number of nitro groups is 1. The molecule has 1 saturated heterocycles. The summed E-state index contributed by atoms with van der Waals surface area (Å²) in [6, 6.07) is 0.0955. The molecule has 0 atom stereocenters. The van der Waals surface area contributed by atoms with E-state index in [2.05, 4.69) is 15.3 Å². The summed E-state index contributed by atoms with van der Waals surface area (Å²) < 4.78 is 0. The number of hydrogen-bond acceptors (Lipinski definition) is 7. The molecule has 0 radical (unpaired) electrons. The lowest BCUT2D eigenvalue weighted by molar-refractivity contribution is -0.385. The Morgan fingerprint density at radius 3 is 2.57 bits per heavy atom. The molecule has 0 unspecified atom stereocenters. The predicted octanol–water partition coefficient (Wildman–Crippen LogP) is 0.380. The lowest BCUT2D eigenvalue weighted by atomic mass is 10.0. The van der Waals surface area contributed by atoms with Crippen LogP contribution in [0.4, 0.5) is 17.5 Å². The maximum atomic E-state index is 11.2. The van der Waals surface area contributed by atoms with Crippen LogP contribution in [0.1, 0.15) is 25.5 Å². The second-order valence-electron chi connectivity index (χ2n) is 5.06. The van der Waals surface area contributed by atoms with Crippen molar-refractivity contribution >= 4 is 23.4 Å². The third-order valence-corrected chi connectivity index (χ3v) is 3.44. The summed E-state index contributed by atoms with van der Waals surface area (Å²) in [6.45, 7) is 4.17. The van der Waals surface area contributed by atoms with Gasteiger partial charge < -0.3 is 16.0 Å². The van der Waals surface area contributed by atoms with Crippen molar-refractivity contribution in [3.05, 3.63) is 15.8 Å². The maximum Gasteiger partial charge on any atom is 0.332 e. The normalized spacial score (nSPS) is 15.8. The van der Waals surface area contributed by atoms with Crippen molar-refractivity contribution in [3.8, 4) is 0 Å². The van der Waals surface area contributed by atoms with Crippen molar-refractivity contribution in [2.45, 2.75) is 32.7 Å². The van der Waals surface area contributed by atoms with Gasteiger partial charge in [0.2, 0.25) is 17.7 Å². The molecule has 1 amide bonds. The summed E-state index contributed by atoms with van der Waals surface area (Å²) in [5.74, 6) is 0.213. The van der Waals surface area contributed by atoms with E-state index in [-0.39, 0.29) is 35.1 Å². The zero-order chi connectivity index (χ0) is 15.6. The van der Waals surface area contributed by atoms with Gasteiger partial charge in [0.05, 0.1) is 4.92 Å². The number of amides is 1. The molecule has 3 N–H and O–H groups in total. The van der Waals surface area contributed by atoms with E-state index in [9.17, 15) is 14.9 Å². The minimum atomic E-state index is -0.482. The van der Waals surface area contributed by atoms with Crippen molar-refractivity contribution in [1.82, 2.24) is 15.3 Å². The number of aryl methyl sites for hydroxylation is 1. The average molecular weight is 294 g/mol. The number of piperidine rings is 1. The summed E-state index contributed by atoms with van der Waals surface area (Å²) in [5, 5.41) is 14.1. The molecule has 0 spiro atoms. The van der Waals surface area contributed by atoms with Crippen molar-refractivity contribution < 1.29 is 9.72 Å². The van der Waals surface area contributed by atoms with Crippen molar-refractivity contribution in [1.29, 1.82) is 0 Å². The first kappa shape index (κ1) is 14.9. The Morgan fingerprint density at radius 2 is 2.05 bits per heavy atom. The van der Waals surface area contributed by atoms with Crippen LogP contribution < -0.4 is 16.0 Å². The smallest absolute Gasteiger partial charge is 0.332 e. The van der Waals surface area contributed by atoms with E-state index in [1.807, 2.05) is 4.90 Å². The van der Waals surface area contributed by atoms with Crippen LogP contribution in [0.15, 0.2) is 0 Å². The molecular weight excluding hydrogens is 276 g/mol. The van der Waals surface area contributed by atoms with Gasteiger partial charge in [0.15, 0.2) is 0 Å². The van der Waals surface area contributed by atoms with Crippen LogP contribution in [-0.4, -0.2) is 39.9 Å². The standard InChI is InChI=1S/C12H18N6O3/c1-7-10(18(20)21)11(16-12(13)14-7)17-5-3-9(4-6-17)15-8(2)19/h9H,3-6H2,1-2H3,(H,15,19)(H2,13,14,16). The zero-order valence-corrected chi connectivity index (χ0v) is 12.0. The number of nitrogen functional groups attached to an aromatic ring is 1. The molecule has 2 rings (SSSR count). The predicted molar refractivity (Wildman–Crippen MR) is 76.9 cm³/mol. The fraction of sp³-hybridized carbons (Fsp3) is 0.583. The number of carbonyl (C=O) groups excluding carboxylic acids is 1. The number of nitrogens with one attached hydrogen (secondary N) is 1. The first-order valence-electron chi connectivity index (χ1n) is 6.69. The van der Waals surface area contributed by atoms with Gasteiger partial charge in [0.1, 0.15) is 5.69 Å². The van der Waals surface area contributed by atoms with Gasteiger partial charge in [0.25, 0.3) is 0 Å². The number of nitrogens with zero attached hydrogens (tertiary/aromatic N) is 4. The number of aromatic nitrogens is 2. The third kappa shape index (κ3) is 3.36. The number of nitrogens with two attached hydrogens (primary N) is 1. The Bertz CT molecular complexity index is 568. The monoisotopic (exact) mass is 294 g/mol. The summed E-state index contributed by atoms with van der Waals surface area (Å²) >= 11 is 0. The van der Waals surface area contributed by atoms with Crippen molar-refractivity contribution in [2.24, 2.45) is 0 Å². The topological polar surface area (TPSA) is 127 Å². The first-order chi connectivity index (χ1) is 9.88. The molecule has 114 valence electrons. The van der Waals surface area contributed by atoms with Gasteiger partial charge >= 0.3 is 5.69 Å². The van der Waals surface area contributed by atoms with E-state index in [0.717, 1.165) is 0 Å². The fourth-order valence-corrected chi connectivity index (χ4v) is 2.53. The molecule has 0 aromatic carbocycles. The van der Waals surface area contributed by atoms with Gasteiger partial charge in [-0.1, -0.05) is 0 Å². The Kier molecular flexibility index (Phi) is 4.20. The zero-order valence-electron chi connectivity index (χ0n) is 12.0. The average Bonchev–Trinajstić information content (AvgIpc) is 2.37. The lowest BCUT2D eigenvalue weighted by Crippen LogP contribution is -2.44. The third-order valence-electron chi connectivity index (χ3n) is 3.44. The Hall–Kier alpha value is -2.45. The largest absolute Gasteiger partial charge is 0.368 e. The Morgan fingerprint density at radius 1 is 1.43 bits per heavy atom. The Balaban J connectivity index is 2.20. The highest BCUT2D eigenvalue weighted by molar-refractivity contribution is 5.73. The van der Waals surface area contributed by atoms with Crippen LogP contribution in [0.25, 0.3) is 0 Å². The highest BCUT2D eigenvalue weighted by Gasteiger charge is 2.29. The molecule has 1 aliphatic heterocycles. The van der Waals surface area contributed by atoms with Crippen LogP contribution in [0.2, 0.25) is 0 Å². The van der Waals surface area contributed by atoms with Gasteiger partial charge in [-0.05, 0) is 19.8 Å². The number of rotatable bonds is 3. The summed E-state index contributed by atoms with van der Waals surface area (Å²) in [6.07, 6.45) is 1.42. The van der Waals surface area contributed by atoms with E-state index in [1.165, 1.54) is 6.92 Å². The van der Waals surface area contributed by atoms with E-state index in [1.54, 1.807) is 6.92 Å². The molecule has 1 fully saturated rings. The number of hydrogen-bond donors (Lipinski definition) is 2. The lowest BCUT2D eigenvalue weighted by Gasteiger charge is -2.32. The number of carbonyl (C=O) groups is 1. The number of anilines is 2. The van der Waals surface area contributed by atoms with Crippen LogP contribution >= 0.6 is 0 Å². The SMILES string of the molecule is CC(=O)NC1CCN(c2nc(N)nc(C)c2[N+](=O)[O-])CC1. The van der Waals surface area contributed by atoms with Gasteiger partial charge in [-0.15, -0.1) is 0 Å². The summed E-state index contributed by atoms with van der Waals surface area (Å²) in [4.78, 5) is 31.5. The van der Waals surface area contributed by atoms with E-state index in [4.69, 9.17) is 5.73 Å². The molecule has 21 heavy (non-hydrogen) atoms. The summed E-state index contributed by atoms with van der Waals surface area (Å²) in [7, 11) is 0. The fourth-order valence-electron chi connectivity index (χ4n) is 2.53. The highest BCUT2D eigenvalue weighted by atomic mass is 16.6. The van der Waals surface area contributed by atoms with Gasteiger partial charge in [-0.25, -0.2) is 4.98 Å². The van der Waals surface area contributed by atoms with Crippen LogP contribution in [0.5, 0.6) is 0 Å². The quantitative estimate of drug-likeness (QED) is 0.609. The van der Waals surface area contributed by atoms with Crippen LogP contribution in [0, 0.1) is 17.0 Å².